The van der Waals surface area contributed by atoms with Crippen molar-refractivity contribution in [2.24, 2.45) is 0 Å². The number of para-hydroxylation sites is 3. The first-order valence-corrected chi connectivity index (χ1v) is 17.1. The van der Waals surface area contributed by atoms with Crippen LogP contribution < -0.4 is 0 Å². The highest BCUT2D eigenvalue weighted by molar-refractivity contribution is 7.22. The maximum absolute atomic E-state index is 4.97. The number of hydrogen-bond acceptors (Lipinski definition) is 9. The Morgan fingerprint density at radius 1 is 0.457 bits per heavy atom. The zero-order valence-corrected chi connectivity index (χ0v) is 26.3. The topological polar surface area (TPSA) is 82.3 Å². The summed E-state index contributed by atoms with van der Waals surface area (Å²) < 4.78 is 5.56. The summed E-state index contributed by atoms with van der Waals surface area (Å²) >= 11 is 4.99. The average Bonchev–Trinajstić information content (AvgIpc) is 3.90. The highest BCUT2D eigenvalue weighted by atomic mass is 32.1. The van der Waals surface area contributed by atoms with Gasteiger partial charge in [-0.3, -0.25) is 4.57 Å². The van der Waals surface area contributed by atoms with Crippen molar-refractivity contribution in [1.82, 2.24) is 34.5 Å². The predicted molar refractivity (Wildman–Crippen MR) is 190 cm³/mol. The Kier molecular flexibility index (Phi) is 5.65. The van der Waals surface area contributed by atoms with Gasteiger partial charge in [-0.2, -0.15) is 4.98 Å². The van der Waals surface area contributed by atoms with E-state index >= 15 is 0 Å². The van der Waals surface area contributed by atoms with Crippen LogP contribution in [0.5, 0.6) is 0 Å². The molecule has 216 valence electrons. The number of thiazole rings is 3. The normalized spacial score (nSPS) is 11.9. The molecule has 5 aromatic carbocycles. The van der Waals surface area contributed by atoms with Crippen molar-refractivity contribution in [2.75, 3.05) is 0 Å². The molecule has 0 aliphatic carbocycles. The summed E-state index contributed by atoms with van der Waals surface area (Å²) in [6.45, 7) is 0. The lowest BCUT2D eigenvalue weighted by Crippen LogP contribution is -2.03. The molecule has 0 radical (unpaired) electrons. The van der Waals surface area contributed by atoms with E-state index < -0.39 is 0 Å². The van der Waals surface area contributed by atoms with Crippen molar-refractivity contribution >= 4 is 86.5 Å². The first-order valence-electron chi connectivity index (χ1n) is 14.6. The van der Waals surface area contributed by atoms with E-state index in [4.69, 9.17) is 19.9 Å². The Morgan fingerprint density at radius 3 is 1.46 bits per heavy atom. The fraction of sp³-hybridized carbons (Fsp3) is 0. The molecule has 10 aromatic rings. The van der Waals surface area contributed by atoms with Crippen LogP contribution in [0.25, 0.3) is 90.4 Å². The van der Waals surface area contributed by atoms with Crippen molar-refractivity contribution in [1.29, 1.82) is 0 Å². The van der Waals surface area contributed by atoms with Crippen LogP contribution in [-0.2, 0) is 0 Å². The van der Waals surface area contributed by atoms with Crippen LogP contribution >= 0.6 is 34.0 Å². The zero-order valence-electron chi connectivity index (χ0n) is 23.8. The highest BCUT2D eigenvalue weighted by Gasteiger charge is 2.19. The van der Waals surface area contributed by atoms with Gasteiger partial charge in [-0.05, 0) is 72.8 Å². The molecule has 5 aromatic heterocycles. The van der Waals surface area contributed by atoms with Crippen LogP contribution in [0.15, 0.2) is 116 Å². The fourth-order valence-corrected chi connectivity index (χ4v) is 8.79. The van der Waals surface area contributed by atoms with E-state index in [9.17, 15) is 0 Å². The van der Waals surface area contributed by atoms with Crippen LogP contribution in [0.2, 0.25) is 0 Å². The molecule has 0 bridgehead atoms. The lowest BCUT2D eigenvalue weighted by Gasteiger charge is -2.07. The Hall–Kier alpha value is -5.42. The third kappa shape index (κ3) is 4.08. The molecule has 0 saturated heterocycles. The molecular formula is C36H19N7S3. The Morgan fingerprint density at radius 2 is 0.935 bits per heavy atom. The van der Waals surface area contributed by atoms with E-state index in [1.165, 1.54) is 9.40 Å². The summed E-state index contributed by atoms with van der Waals surface area (Å²) in [7, 11) is 0. The smallest absolute Gasteiger partial charge is 0.238 e. The number of aromatic nitrogens is 7. The quantitative estimate of drug-likeness (QED) is 0.190. The van der Waals surface area contributed by atoms with Gasteiger partial charge in [0.1, 0.15) is 16.3 Å². The molecule has 0 unspecified atom stereocenters. The van der Waals surface area contributed by atoms with Gasteiger partial charge in [-0.1, -0.05) is 36.4 Å². The molecule has 0 atom stereocenters. The summed E-state index contributed by atoms with van der Waals surface area (Å²) in [6.07, 6.45) is 1.58. The van der Waals surface area contributed by atoms with Crippen molar-refractivity contribution < 1.29 is 0 Å². The molecule has 10 rings (SSSR count). The highest BCUT2D eigenvalue weighted by Crippen LogP contribution is 2.39. The number of nitrogens with zero attached hydrogens (tertiary/aromatic N) is 7. The van der Waals surface area contributed by atoms with E-state index in [-0.39, 0.29) is 0 Å². The summed E-state index contributed by atoms with van der Waals surface area (Å²) in [5.74, 6) is 1.10. The van der Waals surface area contributed by atoms with Crippen molar-refractivity contribution in [3.63, 3.8) is 0 Å². The second kappa shape index (κ2) is 10.0. The molecule has 0 saturated carbocycles. The van der Waals surface area contributed by atoms with E-state index in [1.54, 1.807) is 40.3 Å². The number of hydrogen-bond donors (Lipinski definition) is 0. The van der Waals surface area contributed by atoms with E-state index in [1.807, 2.05) is 30.3 Å². The van der Waals surface area contributed by atoms with E-state index in [0.29, 0.717) is 11.8 Å². The maximum Gasteiger partial charge on any atom is 0.238 e. The van der Waals surface area contributed by atoms with Crippen molar-refractivity contribution in [3.8, 4) is 37.9 Å². The van der Waals surface area contributed by atoms with Crippen molar-refractivity contribution in [3.05, 3.63) is 116 Å². The third-order valence-electron chi connectivity index (χ3n) is 8.09. The van der Waals surface area contributed by atoms with Crippen LogP contribution in [0.4, 0.5) is 0 Å². The molecule has 0 aliphatic heterocycles. The summed E-state index contributed by atoms with van der Waals surface area (Å²) in [5, 5.41) is 4.93. The molecule has 46 heavy (non-hydrogen) atoms. The SMILES string of the molecule is c1ccc2sc(-c3ccc4c(c3)c3cc(-c5nc6ccccc6s5)ccc3n4-c3ncnc(-c4nc5ccccc5s4)n3)nc2c1. The lowest BCUT2D eigenvalue weighted by molar-refractivity contribution is 0.945. The molecule has 0 spiro atoms. The summed E-state index contributed by atoms with van der Waals surface area (Å²) in [4.78, 5) is 28.9. The van der Waals surface area contributed by atoms with Gasteiger partial charge in [0.2, 0.25) is 5.95 Å². The molecule has 0 aliphatic rings. The van der Waals surface area contributed by atoms with Gasteiger partial charge >= 0.3 is 0 Å². The van der Waals surface area contributed by atoms with Gasteiger partial charge in [0.05, 0.1) is 41.7 Å². The lowest BCUT2D eigenvalue weighted by atomic mass is 10.1. The van der Waals surface area contributed by atoms with Crippen LogP contribution in [-0.4, -0.2) is 34.5 Å². The van der Waals surface area contributed by atoms with Crippen LogP contribution in [0, 0.1) is 0 Å². The third-order valence-corrected chi connectivity index (χ3v) is 11.3. The summed E-state index contributed by atoms with van der Waals surface area (Å²) in [5.41, 5.74) is 7.11. The zero-order chi connectivity index (χ0) is 30.2. The second-order valence-corrected chi connectivity index (χ2v) is 14.0. The molecule has 0 fully saturated rings. The molecule has 10 heteroatoms. The minimum absolute atomic E-state index is 0.546. The number of fused-ring (bicyclic) bond motifs is 6. The number of benzene rings is 5. The van der Waals surface area contributed by atoms with Gasteiger partial charge in [0, 0.05) is 21.9 Å². The monoisotopic (exact) mass is 645 g/mol. The minimum atomic E-state index is 0.546. The van der Waals surface area contributed by atoms with Gasteiger partial charge in [0.15, 0.2) is 10.8 Å². The van der Waals surface area contributed by atoms with Gasteiger partial charge in [-0.25, -0.2) is 24.9 Å². The van der Waals surface area contributed by atoms with Crippen molar-refractivity contribution in [2.45, 2.75) is 0 Å². The van der Waals surface area contributed by atoms with Gasteiger partial charge in [0.25, 0.3) is 0 Å². The standard InChI is InChI=1S/C36H19N7S3/c1-4-10-29-24(7-1)39-33(44-29)20-13-15-27-22(17-20)23-18-21(34-40-25-8-2-5-11-30(25)45-34)14-16-28(23)43(27)36-38-19-37-32(42-36)35-41-26-9-3-6-12-31(26)46-35/h1-19H. The maximum atomic E-state index is 4.97. The van der Waals surface area contributed by atoms with Gasteiger partial charge in [-0.15, -0.1) is 34.0 Å². The van der Waals surface area contributed by atoms with E-state index in [2.05, 4.69) is 93.4 Å². The summed E-state index contributed by atoms with van der Waals surface area (Å²) in [6, 6.07) is 37.7. The second-order valence-electron chi connectivity index (χ2n) is 10.9. The van der Waals surface area contributed by atoms with Crippen LogP contribution in [0.3, 0.4) is 0 Å². The average molecular weight is 646 g/mol. The Bertz CT molecular complexity index is 2560. The minimum Gasteiger partial charge on any atom is -0.278 e. The molecule has 7 nitrogen and oxygen atoms in total. The molecule has 5 heterocycles. The molecular weight excluding hydrogens is 627 g/mol. The fourth-order valence-electron chi connectivity index (χ4n) is 5.96. The first-order chi connectivity index (χ1) is 22.7. The predicted octanol–water partition coefficient (Wildman–Crippen LogP) is 9.80. The largest absolute Gasteiger partial charge is 0.278 e. The Balaban J connectivity index is 1.19. The van der Waals surface area contributed by atoms with E-state index in [0.717, 1.165) is 69.2 Å². The Labute approximate surface area is 273 Å². The number of rotatable bonds is 4. The molecule has 0 N–H and O–H groups in total. The van der Waals surface area contributed by atoms with Crippen LogP contribution in [0.1, 0.15) is 0 Å². The first kappa shape index (κ1) is 25.9. The molecule has 0 amide bonds. The van der Waals surface area contributed by atoms with Gasteiger partial charge < -0.3 is 0 Å².